The maximum absolute atomic E-state index is 4.35. The van der Waals surface area contributed by atoms with Crippen molar-refractivity contribution in [2.75, 3.05) is 0 Å². The fraction of sp³-hybridized carbons (Fsp3) is 0.286. The quantitative estimate of drug-likeness (QED) is 0.872. The summed E-state index contributed by atoms with van der Waals surface area (Å²) in [7, 11) is 0. The van der Waals surface area contributed by atoms with Crippen molar-refractivity contribution in [2.24, 2.45) is 0 Å². The van der Waals surface area contributed by atoms with Gasteiger partial charge in [-0.05, 0) is 43.7 Å². The molecule has 0 aromatic carbocycles. The lowest BCUT2D eigenvalue weighted by Gasteiger charge is -2.19. The van der Waals surface area contributed by atoms with Crippen molar-refractivity contribution in [3.63, 3.8) is 0 Å². The zero-order chi connectivity index (χ0) is 12.1. The van der Waals surface area contributed by atoms with Crippen molar-refractivity contribution in [3.8, 4) is 0 Å². The first-order chi connectivity index (χ1) is 8.27. The first-order valence-electron chi connectivity index (χ1n) is 5.84. The molecule has 2 unspecified atom stereocenters. The van der Waals surface area contributed by atoms with Crippen LogP contribution in [0.1, 0.15) is 37.2 Å². The number of hydrogen-bond acceptors (Lipinski definition) is 3. The molecule has 3 heteroatoms. The normalized spacial score (nSPS) is 14.2. The minimum Gasteiger partial charge on any atom is -0.302 e. The van der Waals surface area contributed by atoms with Gasteiger partial charge in [0.05, 0.1) is 5.69 Å². The Bertz CT molecular complexity index is 398. The van der Waals surface area contributed by atoms with Crippen molar-refractivity contribution in [1.82, 2.24) is 15.3 Å². The molecule has 2 atom stereocenters. The lowest BCUT2D eigenvalue weighted by molar-refractivity contribution is 0.486. The van der Waals surface area contributed by atoms with Gasteiger partial charge in [0.25, 0.3) is 0 Å². The highest BCUT2D eigenvalue weighted by Gasteiger charge is 2.11. The number of nitrogens with one attached hydrogen (secondary N) is 1. The summed E-state index contributed by atoms with van der Waals surface area (Å²) in [4.78, 5) is 8.38. The van der Waals surface area contributed by atoms with Crippen LogP contribution in [0.15, 0.2) is 48.9 Å². The summed E-state index contributed by atoms with van der Waals surface area (Å²) in [6, 6.07) is 10.6. The van der Waals surface area contributed by atoms with E-state index in [4.69, 9.17) is 0 Å². The first-order valence-corrected chi connectivity index (χ1v) is 5.84. The average molecular weight is 227 g/mol. The number of rotatable bonds is 4. The van der Waals surface area contributed by atoms with Gasteiger partial charge in [0.1, 0.15) is 0 Å². The van der Waals surface area contributed by atoms with Gasteiger partial charge in [0, 0.05) is 30.7 Å². The van der Waals surface area contributed by atoms with E-state index in [0.717, 1.165) is 5.69 Å². The monoisotopic (exact) mass is 227 g/mol. The highest BCUT2D eigenvalue weighted by molar-refractivity contribution is 5.15. The van der Waals surface area contributed by atoms with Crippen molar-refractivity contribution in [2.45, 2.75) is 25.9 Å². The molecule has 0 spiro atoms. The van der Waals surface area contributed by atoms with E-state index >= 15 is 0 Å². The molecule has 2 rings (SSSR count). The van der Waals surface area contributed by atoms with Gasteiger partial charge in [-0.25, -0.2) is 0 Å². The molecular formula is C14H17N3. The minimum atomic E-state index is 0.236. The summed E-state index contributed by atoms with van der Waals surface area (Å²) >= 11 is 0. The predicted molar refractivity (Wildman–Crippen MR) is 68.4 cm³/mol. The molecule has 0 aliphatic carbocycles. The summed E-state index contributed by atoms with van der Waals surface area (Å²) < 4.78 is 0. The molecule has 0 amide bonds. The van der Waals surface area contributed by atoms with E-state index in [2.05, 4.69) is 29.1 Å². The van der Waals surface area contributed by atoms with Crippen LogP contribution in [0.5, 0.6) is 0 Å². The molecule has 2 aromatic rings. The van der Waals surface area contributed by atoms with Crippen LogP contribution in [-0.2, 0) is 0 Å². The van der Waals surface area contributed by atoms with Gasteiger partial charge in [-0.2, -0.15) is 0 Å². The van der Waals surface area contributed by atoms with Crippen LogP contribution in [0.3, 0.4) is 0 Å². The number of aromatic nitrogens is 2. The van der Waals surface area contributed by atoms with Crippen LogP contribution < -0.4 is 5.32 Å². The van der Waals surface area contributed by atoms with Crippen molar-refractivity contribution < 1.29 is 0 Å². The molecule has 0 aliphatic rings. The van der Waals surface area contributed by atoms with E-state index in [1.54, 1.807) is 0 Å². The average Bonchev–Trinajstić information content (AvgIpc) is 2.40. The van der Waals surface area contributed by atoms with E-state index in [1.165, 1.54) is 5.56 Å². The Kier molecular flexibility index (Phi) is 3.83. The first kappa shape index (κ1) is 11.7. The van der Waals surface area contributed by atoms with Gasteiger partial charge in [0.15, 0.2) is 0 Å². The van der Waals surface area contributed by atoms with Crippen molar-refractivity contribution in [1.29, 1.82) is 0 Å². The summed E-state index contributed by atoms with van der Waals surface area (Å²) in [5.41, 5.74) is 2.30. The SMILES string of the molecule is CC(NC(C)c1ccccn1)c1ccncc1. The fourth-order valence-electron chi connectivity index (χ4n) is 1.84. The zero-order valence-electron chi connectivity index (χ0n) is 10.2. The van der Waals surface area contributed by atoms with E-state index in [1.807, 2.05) is 48.9 Å². The highest BCUT2D eigenvalue weighted by atomic mass is 15.0. The lowest BCUT2D eigenvalue weighted by Crippen LogP contribution is -2.23. The molecular weight excluding hydrogens is 210 g/mol. The summed E-state index contributed by atoms with van der Waals surface area (Å²) in [6.45, 7) is 4.27. The molecule has 0 fully saturated rings. The fourth-order valence-corrected chi connectivity index (χ4v) is 1.84. The van der Waals surface area contributed by atoms with Gasteiger partial charge >= 0.3 is 0 Å². The van der Waals surface area contributed by atoms with Gasteiger partial charge in [-0.3, -0.25) is 9.97 Å². The topological polar surface area (TPSA) is 37.8 Å². The van der Waals surface area contributed by atoms with Crippen LogP contribution in [0.25, 0.3) is 0 Å². The largest absolute Gasteiger partial charge is 0.302 e. The molecule has 2 aromatic heterocycles. The third-order valence-corrected chi connectivity index (χ3v) is 2.84. The van der Waals surface area contributed by atoms with E-state index in [-0.39, 0.29) is 12.1 Å². The van der Waals surface area contributed by atoms with Crippen LogP contribution in [-0.4, -0.2) is 9.97 Å². The molecule has 0 saturated carbocycles. The molecule has 88 valence electrons. The van der Waals surface area contributed by atoms with Crippen LogP contribution in [0, 0.1) is 0 Å². The van der Waals surface area contributed by atoms with Crippen molar-refractivity contribution >= 4 is 0 Å². The Hall–Kier alpha value is -1.74. The summed E-state index contributed by atoms with van der Waals surface area (Å²) in [5, 5.41) is 3.52. The Morgan fingerprint density at radius 2 is 1.71 bits per heavy atom. The number of hydrogen-bond donors (Lipinski definition) is 1. The smallest absolute Gasteiger partial charge is 0.0570 e. The second kappa shape index (κ2) is 5.55. The maximum atomic E-state index is 4.35. The number of nitrogens with zero attached hydrogens (tertiary/aromatic N) is 2. The molecule has 17 heavy (non-hydrogen) atoms. The van der Waals surface area contributed by atoms with Crippen LogP contribution >= 0.6 is 0 Å². The van der Waals surface area contributed by atoms with Gasteiger partial charge in [-0.1, -0.05) is 6.07 Å². The summed E-state index contributed by atoms with van der Waals surface area (Å²) in [6.07, 6.45) is 5.46. The molecule has 0 radical (unpaired) electrons. The Morgan fingerprint density at radius 1 is 0.941 bits per heavy atom. The zero-order valence-corrected chi connectivity index (χ0v) is 10.2. The predicted octanol–water partition coefficient (Wildman–Crippen LogP) is 2.89. The van der Waals surface area contributed by atoms with Gasteiger partial charge in [-0.15, -0.1) is 0 Å². The highest BCUT2D eigenvalue weighted by Crippen LogP contribution is 2.16. The lowest BCUT2D eigenvalue weighted by atomic mass is 10.1. The molecule has 0 bridgehead atoms. The van der Waals surface area contributed by atoms with Gasteiger partial charge in [0.2, 0.25) is 0 Å². The molecule has 0 saturated heterocycles. The Morgan fingerprint density at radius 3 is 2.35 bits per heavy atom. The molecule has 1 N–H and O–H groups in total. The second-order valence-electron chi connectivity index (χ2n) is 4.15. The van der Waals surface area contributed by atoms with E-state index in [0.29, 0.717) is 0 Å². The van der Waals surface area contributed by atoms with Crippen LogP contribution in [0.4, 0.5) is 0 Å². The van der Waals surface area contributed by atoms with E-state index < -0.39 is 0 Å². The molecule has 0 aliphatic heterocycles. The van der Waals surface area contributed by atoms with E-state index in [9.17, 15) is 0 Å². The van der Waals surface area contributed by atoms with Crippen molar-refractivity contribution in [3.05, 3.63) is 60.2 Å². The van der Waals surface area contributed by atoms with Crippen LogP contribution in [0.2, 0.25) is 0 Å². The molecule has 2 heterocycles. The Labute approximate surface area is 102 Å². The second-order valence-corrected chi connectivity index (χ2v) is 4.15. The third-order valence-electron chi connectivity index (χ3n) is 2.84. The Balaban J connectivity index is 2.02. The van der Waals surface area contributed by atoms with Gasteiger partial charge < -0.3 is 5.32 Å². The summed E-state index contributed by atoms with van der Waals surface area (Å²) in [5.74, 6) is 0. The minimum absolute atomic E-state index is 0.236. The number of pyridine rings is 2. The molecule has 3 nitrogen and oxygen atoms in total. The standard InChI is InChI=1S/C14H17N3/c1-11(13-6-9-15-10-7-13)17-12(2)14-5-3-4-8-16-14/h3-12,17H,1-2H3. The maximum Gasteiger partial charge on any atom is 0.0570 e. The third kappa shape index (κ3) is 3.11.